The van der Waals surface area contributed by atoms with Crippen LogP contribution in [0.3, 0.4) is 0 Å². The normalized spacial score (nSPS) is 11.2. The van der Waals surface area contributed by atoms with Gasteiger partial charge in [0.15, 0.2) is 0 Å². The van der Waals surface area contributed by atoms with Gasteiger partial charge < -0.3 is 10.1 Å². The Morgan fingerprint density at radius 2 is 1.96 bits per heavy atom. The fraction of sp³-hybridized carbons (Fsp3) is 0.188. The molecule has 23 heavy (non-hydrogen) atoms. The summed E-state index contributed by atoms with van der Waals surface area (Å²) in [5, 5.41) is 2.72. The quantitative estimate of drug-likeness (QED) is 0.873. The summed E-state index contributed by atoms with van der Waals surface area (Å²) in [7, 11) is 1.47. The molecular weight excluding hydrogens is 331 g/mol. The van der Waals surface area contributed by atoms with Crippen molar-refractivity contribution in [2.24, 2.45) is 0 Å². The number of hydrogen-bond acceptors (Lipinski definition) is 2. The van der Waals surface area contributed by atoms with E-state index in [2.05, 4.69) is 5.32 Å². The first-order chi connectivity index (χ1) is 10.8. The number of carbonyl (C=O) groups excluding carboxylic acids is 1. The zero-order valence-corrected chi connectivity index (χ0v) is 12.8. The largest absolute Gasteiger partial charge is 0.497 e. The topological polar surface area (TPSA) is 38.3 Å². The van der Waals surface area contributed by atoms with Crippen molar-refractivity contribution in [3.63, 3.8) is 0 Å². The first-order valence-electron chi connectivity index (χ1n) is 6.59. The van der Waals surface area contributed by atoms with Gasteiger partial charge >= 0.3 is 6.18 Å². The number of amides is 1. The van der Waals surface area contributed by atoms with E-state index in [1.165, 1.54) is 43.5 Å². The van der Waals surface area contributed by atoms with E-state index >= 15 is 0 Å². The Morgan fingerprint density at radius 1 is 1.22 bits per heavy atom. The van der Waals surface area contributed by atoms with Crippen molar-refractivity contribution in [2.75, 3.05) is 12.4 Å². The molecule has 0 spiro atoms. The SMILES string of the molecule is COc1ccc(C(=O)Nc2cccc(CC(F)(F)F)c2)c(Cl)c1. The van der Waals surface area contributed by atoms with Crippen LogP contribution in [-0.4, -0.2) is 19.2 Å². The maximum Gasteiger partial charge on any atom is 0.393 e. The Kier molecular flexibility index (Phi) is 5.15. The molecule has 1 amide bonds. The van der Waals surface area contributed by atoms with Gasteiger partial charge in [-0.15, -0.1) is 0 Å². The summed E-state index contributed by atoms with van der Waals surface area (Å²) in [4.78, 5) is 12.2. The number of hydrogen-bond donors (Lipinski definition) is 1. The van der Waals surface area contributed by atoms with Crippen LogP contribution >= 0.6 is 11.6 Å². The number of alkyl halides is 3. The monoisotopic (exact) mass is 343 g/mol. The maximum atomic E-state index is 12.4. The highest BCUT2D eigenvalue weighted by atomic mass is 35.5. The van der Waals surface area contributed by atoms with Crippen LogP contribution in [0.5, 0.6) is 5.75 Å². The first-order valence-corrected chi connectivity index (χ1v) is 6.97. The molecule has 3 nitrogen and oxygen atoms in total. The Balaban J connectivity index is 2.16. The molecular formula is C16H13ClF3NO2. The van der Waals surface area contributed by atoms with Gasteiger partial charge in [-0.05, 0) is 35.9 Å². The molecule has 122 valence electrons. The van der Waals surface area contributed by atoms with Gasteiger partial charge in [-0.2, -0.15) is 13.2 Å². The van der Waals surface area contributed by atoms with Gasteiger partial charge in [0.05, 0.1) is 24.1 Å². The van der Waals surface area contributed by atoms with E-state index in [0.717, 1.165) is 0 Å². The summed E-state index contributed by atoms with van der Waals surface area (Å²) in [6.45, 7) is 0. The lowest BCUT2D eigenvalue weighted by molar-refractivity contribution is -0.127. The molecule has 2 rings (SSSR count). The van der Waals surface area contributed by atoms with Crippen molar-refractivity contribution in [1.29, 1.82) is 0 Å². The van der Waals surface area contributed by atoms with Crippen molar-refractivity contribution in [3.05, 3.63) is 58.6 Å². The van der Waals surface area contributed by atoms with Crippen LogP contribution in [-0.2, 0) is 6.42 Å². The lowest BCUT2D eigenvalue weighted by Crippen LogP contribution is -2.14. The van der Waals surface area contributed by atoms with Gasteiger partial charge in [-0.3, -0.25) is 4.79 Å². The molecule has 1 N–H and O–H groups in total. The lowest BCUT2D eigenvalue weighted by atomic mass is 10.1. The number of methoxy groups -OCH3 is 1. The van der Waals surface area contributed by atoms with Gasteiger partial charge in [-0.1, -0.05) is 23.7 Å². The summed E-state index contributed by atoms with van der Waals surface area (Å²) < 4.78 is 42.2. The summed E-state index contributed by atoms with van der Waals surface area (Å²) in [5.41, 5.74) is 0.536. The average Bonchev–Trinajstić information content (AvgIpc) is 2.45. The second-order valence-corrected chi connectivity index (χ2v) is 5.20. The van der Waals surface area contributed by atoms with Crippen LogP contribution in [0.4, 0.5) is 18.9 Å². The molecule has 0 aliphatic rings. The zero-order chi connectivity index (χ0) is 17.0. The predicted molar refractivity (Wildman–Crippen MR) is 82.2 cm³/mol. The minimum Gasteiger partial charge on any atom is -0.497 e. The van der Waals surface area contributed by atoms with Crippen molar-refractivity contribution in [1.82, 2.24) is 0 Å². The molecule has 2 aromatic rings. The molecule has 0 saturated heterocycles. The fourth-order valence-electron chi connectivity index (χ4n) is 2.00. The third-order valence-electron chi connectivity index (χ3n) is 3.01. The number of carbonyl (C=O) groups is 1. The van der Waals surface area contributed by atoms with Gasteiger partial charge in [0.2, 0.25) is 0 Å². The van der Waals surface area contributed by atoms with E-state index < -0.39 is 18.5 Å². The smallest absolute Gasteiger partial charge is 0.393 e. The second-order valence-electron chi connectivity index (χ2n) is 4.79. The standard InChI is InChI=1S/C16H13ClF3NO2/c1-23-12-5-6-13(14(17)8-12)15(22)21-11-4-2-3-10(7-11)9-16(18,19)20/h2-8H,9H2,1H3,(H,21,22). The third kappa shape index (κ3) is 4.89. The summed E-state index contributed by atoms with van der Waals surface area (Å²) in [6, 6.07) is 10.1. The van der Waals surface area contributed by atoms with E-state index in [1.54, 1.807) is 6.07 Å². The number of benzene rings is 2. The minimum atomic E-state index is -4.30. The fourth-order valence-corrected chi connectivity index (χ4v) is 2.25. The molecule has 0 aliphatic heterocycles. The highest BCUT2D eigenvalue weighted by molar-refractivity contribution is 6.34. The van der Waals surface area contributed by atoms with Crippen LogP contribution in [0.1, 0.15) is 15.9 Å². The van der Waals surface area contributed by atoms with E-state index in [9.17, 15) is 18.0 Å². The molecule has 7 heteroatoms. The Labute approximate surface area is 136 Å². The lowest BCUT2D eigenvalue weighted by Gasteiger charge is -2.10. The predicted octanol–water partition coefficient (Wildman–Crippen LogP) is 4.71. The third-order valence-corrected chi connectivity index (χ3v) is 3.32. The Bertz CT molecular complexity index is 717. The number of ether oxygens (including phenoxy) is 1. The molecule has 0 saturated carbocycles. The number of rotatable bonds is 4. The van der Waals surface area contributed by atoms with Crippen molar-refractivity contribution >= 4 is 23.2 Å². The van der Waals surface area contributed by atoms with Crippen molar-refractivity contribution in [3.8, 4) is 5.75 Å². The summed E-state index contributed by atoms with van der Waals surface area (Å²) in [6.07, 6.45) is -5.36. The number of halogens is 4. The molecule has 2 aromatic carbocycles. The van der Waals surface area contributed by atoms with Crippen LogP contribution < -0.4 is 10.1 Å². The van der Waals surface area contributed by atoms with E-state index in [1.807, 2.05) is 0 Å². The van der Waals surface area contributed by atoms with Gasteiger partial charge in [0, 0.05) is 5.69 Å². The highest BCUT2D eigenvalue weighted by Crippen LogP contribution is 2.25. The van der Waals surface area contributed by atoms with Crippen LogP contribution in [0.15, 0.2) is 42.5 Å². The molecule has 0 aliphatic carbocycles. The molecule has 0 unspecified atom stereocenters. The van der Waals surface area contributed by atoms with Gasteiger partial charge in [-0.25, -0.2) is 0 Å². The maximum absolute atomic E-state index is 12.4. The Hall–Kier alpha value is -2.21. The zero-order valence-electron chi connectivity index (χ0n) is 12.1. The van der Waals surface area contributed by atoms with Crippen molar-refractivity contribution < 1.29 is 22.7 Å². The van der Waals surface area contributed by atoms with Crippen LogP contribution in [0.2, 0.25) is 5.02 Å². The van der Waals surface area contributed by atoms with Crippen molar-refractivity contribution in [2.45, 2.75) is 12.6 Å². The Morgan fingerprint density at radius 3 is 2.57 bits per heavy atom. The van der Waals surface area contributed by atoms with Gasteiger partial charge in [0.1, 0.15) is 5.75 Å². The van der Waals surface area contributed by atoms with E-state index in [4.69, 9.17) is 16.3 Å². The van der Waals surface area contributed by atoms with E-state index in [-0.39, 0.29) is 21.8 Å². The molecule has 0 bridgehead atoms. The molecule has 0 fully saturated rings. The summed E-state index contributed by atoms with van der Waals surface area (Å²) >= 11 is 6.00. The molecule has 0 aromatic heterocycles. The number of nitrogens with one attached hydrogen (secondary N) is 1. The molecule has 0 atom stereocenters. The number of anilines is 1. The van der Waals surface area contributed by atoms with E-state index in [0.29, 0.717) is 5.75 Å². The first kappa shape index (κ1) is 17.1. The molecule has 0 radical (unpaired) electrons. The van der Waals surface area contributed by atoms with Gasteiger partial charge in [0.25, 0.3) is 5.91 Å². The highest BCUT2D eigenvalue weighted by Gasteiger charge is 2.27. The van der Waals surface area contributed by atoms with Crippen LogP contribution in [0, 0.1) is 0 Å². The second kappa shape index (κ2) is 6.91. The minimum absolute atomic E-state index is 0.0659. The van der Waals surface area contributed by atoms with Crippen LogP contribution in [0.25, 0.3) is 0 Å². The average molecular weight is 344 g/mol. The molecule has 0 heterocycles. The summed E-state index contributed by atoms with van der Waals surface area (Å²) in [5.74, 6) is -0.0134.